The molecule has 1 aromatic carbocycles. The van der Waals surface area contributed by atoms with E-state index in [1.807, 2.05) is 0 Å². The third-order valence-corrected chi connectivity index (χ3v) is 2.76. The van der Waals surface area contributed by atoms with Gasteiger partial charge in [-0.1, -0.05) is 6.92 Å². The lowest BCUT2D eigenvalue weighted by Gasteiger charge is -2.04. The van der Waals surface area contributed by atoms with Gasteiger partial charge in [0.15, 0.2) is 5.69 Å². The molecule has 2 rings (SSSR count). The van der Waals surface area contributed by atoms with Crippen LogP contribution in [-0.2, 0) is 12.6 Å². The Kier molecular flexibility index (Phi) is 3.47. The highest BCUT2D eigenvalue weighted by Gasteiger charge is 2.36. The van der Waals surface area contributed by atoms with E-state index in [-0.39, 0.29) is 17.7 Å². The number of hydrogen-bond acceptors (Lipinski definition) is 3. The van der Waals surface area contributed by atoms with E-state index in [9.17, 15) is 23.3 Å². The van der Waals surface area contributed by atoms with Crippen LogP contribution >= 0.6 is 0 Å². The van der Waals surface area contributed by atoms with Crippen LogP contribution in [-0.4, -0.2) is 14.7 Å². The monoisotopic (exact) mass is 285 g/mol. The number of alkyl halides is 3. The standard InChI is InChI=1S/C12H10F3N3O2/c1-2-8-7-17(16-11(8)12(13,14)15)9-3-5-10(6-4-9)18(19)20/h3-7H,2H2,1H3. The average molecular weight is 285 g/mol. The average Bonchev–Trinajstić information content (AvgIpc) is 2.83. The molecule has 20 heavy (non-hydrogen) atoms. The summed E-state index contributed by atoms with van der Waals surface area (Å²) in [5.41, 5.74) is -0.650. The highest BCUT2D eigenvalue weighted by molar-refractivity contribution is 5.41. The summed E-state index contributed by atoms with van der Waals surface area (Å²) in [6, 6.07) is 5.14. The summed E-state index contributed by atoms with van der Waals surface area (Å²) in [5, 5.41) is 14.0. The molecule has 106 valence electrons. The minimum atomic E-state index is -4.52. The van der Waals surface area contributed by atoms with Crippen molar-refractivity contribution >= 4 is 5.69 Å². The van der Waals surface area contributed by atoms with Gasteiger partial charge in [-0.2, -0.15) is 18.3 Å². The number of aryl methyl sites for hydroxylation is 1. The second-order valence-electron chi connectivity index (χ2n) is 4.07. The molecule has 0 fully saturated rings. The second kappa shape index (κ2) is 4.95. The van der Waals surface area contributed by atoms with Crippen molar-refractivity contribution < 1.29 is 18.1 Å². The number of aromatic nitrogens is 2. The Hall–Kier alpha value is -2.38. The van der Waals surface area contributed by atoms with Crippen LogP contribution in [0.5, 0.6) is 0 Å². The van der Waals surface area contributed by atoms with Crippen LogP contribution in [0.15, 0.2) is 30.5 Å². The van der Waals surface area contributed by atoms with Gasteiger partial charge in [0.25, 0.3) is 5.69 Å². The van der Waals surface area contributed by atoms with Gasteiger partial charge in [-0.05, 0) is 18.6 Å². The summed E-state index contributed by atoms with van der Waals surface area (Å²) < 4.78 is 39.4. The molecule has 0 spiro atoms. The fraction of sp³-hybridized carbons (Fsp3) is 0.250. The Labute approximate surface area is 111 Å². The summed E-state index contributed by atoms with van der Waals surface area (Å²) in [6.07, 6.45) is -3.04. The summed E-state index contributed by atoms with van der Waals surface area (Å²) >= 11 is 0. The van der Waals surface area contributed by atoms with Crippen molar-refractivity contribution in [2.24, 2.45) is 0 Å². The Morgan fingerprint density at radius 2 is 1.90 bits per heavy atom. The second-order valence-corrected chi connectivity index (χ2v) is 4.07. The van der Waals surface area contributed by atoms with Gasteiger partial charge in [-0.15, -0.1) is 0 Å². The zero-order chi connectivity index (χ0) is 14.9. The first kappa shape index (κ1) is 14.0. The molecule has 2 aromatic rings. The van der Waals surface area contributed by atoms with Gasteiger partial charge < -0.3 is 0 Å². The maximum absolute atomic E-state index is 12.8. The van der Waals surface area contributed by atoms with Crippen LogP contribution in [0.3, 0.4) is 0 Å². The molecule has 1 aromatic heterocycles. The van der Waals surface area contributed by atoms with Crippen LogP contribution in [0.25, 0.3) is 5.69 Å². The zero-order valence-corrected chi connectivity index (χ0v) is 10.4. The Balaban J connectivity index is 2.43. The lowest BCUT2D eigenvalue weighted by molar-refractivity contribution is -0.384. The van der Waals surface area contributed by atoms with Gasteiger partial charge in [-0.3, -0.25) is 10.1 Å². The van der Waals surface area contributed by atoms with Crippen molar-refractivity contribution in [3.05, 3.63) is 51.8 Å². The fourth-order valence-electron chi connectivity index (χ4n) is 1.77. The summed E-state index contributed by atoms with van der Waals surface area (Å²) in [7, 11) is 0. The molecule has 8 heteroatoms. The summed E-state index contributed by atoms with van der Waals surface area (Å²) in [5.74, 6) is 0. The van der Waals surface area contributed by atoms with E-state index in [2.05, 4.69) is 5.10 Å². The maximum atomic E-state index is 12.8. The van der Waals surface area contributed by atoms with E-state index >= 15 is 0 Å². The van der Waals surface area contributed by atoms with Crippen molar-refractivity contribution in [3.8, 4) is 5.69 Å². The third-order valence-electron chi connectivity index (χ3n) is 2.76. The van der Waals surface area contributed by atoms with E-state index in [4.69, 9.17) is 0 Å². The predicted octanol–water partition coefficient (Wildman–Crippen LogP) is 3.36. The first-order valence-electron chi connectivity index (χ1n) is 5.73. The van der Waals surface area contributed by atoms with Gasteiger partial charge in [-0.25, -0.2) is 4.68 Å². The lowest BCUT2D eigenvalue weighted by atomic mass is 10.2. The molecule has 0 bridgehead atoms. The first-order valence-corrected chi connectivity index (χ1v) is 5.73. The molecule has 0 unspecified atom stereocenters. The molecule has 0 aliphatic rings. The number of benzene rings is 1. The van der Waals surface area contributed by atoms with E-state index in [1.165, 1.54) is 30.5 Å². The number of nitro groups is 1. The van der Waals surface area contributed by atoms with E-state index in [0.717, 1.165) is 4.68 Å². The van der Waals surface area contributed by atoms with Crippen molar-refractivity contribution in [2.75, 3.05) is 0 Å². The van der Waals surface area contributed by atoms with Gasteiger partial charge in [0.05, 0.1) is 10.6 Å². The van der Waals surface area contributed by atoms with Crippen LogP contribution in [0.2, 0.25) is 0 Å². The molecule has 0 atom stereocenters. The Morgan fingerprint density at radius 3 is 2.30 bits per heavy atom. The molecule has 0 saturated heterocycles. The number of hydrogen-bond donors (Lipinski definition) is 0. The van der Waals surface area contributed by atoms with Crippen molar-refractivity contribution in [1.29, 1.82) is 0 Å². The molecule has 5 nitrogen and oxygen atoms in total. The lowest BCUT2D eigenvalue weighted by Crippen LogP contribution is -2.09. The maximum Gasteiger partial charge on any atom is 0.435 e. The molecule has 1 heterocycles. The third kappa shape index (κ3) is 2.63. The Morgan fingerprint density at radius 1 is 1.30 bits per heavy atom. The quantitative estimate of drug-likeness (QED) is 0.641. The zero-order valence-electron chi connectivity index (χ0n) is 10.4. The molecule has 0 aliphatic heterocycles. The molecular weight excluding hydrogens is 275 g/mol. The van der Waals surface area contributed by atoms with Crippen molar-refractivity contribution in [3.63, 3.8) is 0 Å². The van der Waals surface area contributed by atoms with Gasteiger partial charge in [0, 0.05) is 23.9 Å². The van der Waals surface area contributed by atoms with Crippen molar-refractivity contribution in [1.82, 2.24) is 9.78 Å². The molecule has 0 amide bonds. The van der Waals surface area contributed by atoms with Crippen LogP contribution in [0.1, 0.15) is 18.2 Å². The normalized spacial score (nSPS) is 11.6. The van der Waals surface area contributed by atoms with Gasteiger partial charge in [0.2, 0.25) is 0 Å². The fourth-order valence-corrected chi connectivity index (χ4v) is 1.77. The number of halogens is 3. The number of non-ortho nitro benzene ring substituents is 1. The SMILES string of the molecule is CCc1cn(-c2ccc([N+](=O)[O-])cc2)nc1C(F)(F)F. The van der Waals surface area contributed by atoms with E-state index in [1.54, 1.807) is 6.92 Å². The molecule has 0 radical (unpaired) electrons. The van der Waals surface area contributed by atoms with E-state index in [0.29, 0.717) is 5.69 Å². The number of nitro benzene ring substituents is 1. The minimum Gasteiger partial charge on any atom is -0.258 e. The largest absolute Gasteiger partial charge is 0.435 e. The van der Waals surface area contributed by atoms with Crippen LogP contribution in [0, 0.1) is 10.1 Å². The number of rotatable bonds is 3. The van der Waals surface area contributed by atoms with Crippen LogP contribution in [0.4, 0.5) is 18.9 Å². The first-order chi connectivity index (χ1) is 9.32. The molecule has 0 N–H and O–H groups in total. The number of nitrogens with zero attached hydrogens (tertiary/aromatic N) is 3. The molecule has 0 aliphatic carbocycles. The summed E-state index contributed by atoms with van der Waals surface area (Å²) in [4.78, 5) is 9.94. The predicted molar refractivity (Wildman–Crippen MR) is 64.6 cm³/mol. The van der Waals surface area contributed by atoms with Gasteiger partial charge in [0.1, 0.15) is 0 Å². The minimum absolute atomic E-state index is 0.0795. The highest BCUT2D eigenvalue weighted by Crippen LogP contribution is 2.31. The highest BCUT2D eigenvalue weighted by atomic mass is 19.4. The van der Waals surface area contributed by atoms with Crippen LogP contribution < -0.4 is 0 Å². The van der Waals surface area contributed by atoms with E-state index < -0.39 is 16.8 Å². The topological polar surface area (TPSA) is 61.0 Å². The van der Waals surface area contributed by atoms with Gasteiger partial charge >= 0.3 is 6.18 Å². The molecular formula is C12H10F3N3O2. The van der Waals surface area contributed by atoms with Crippen molar-refractivity contribution in [2.45, 2.75) is 19.5 Å². The summed E-state index contributed by atoms with van der Waals surface area (Å²) in [6.45, 7) is 1.60. The Bertz CT molecular complexity index is 632. The smallest absolute Gasteiger partial charge is 0.258 e. The molecule has 0 saturated carbocycles.